The highest BCUT2D eigenvalue weighted by Crippen LogP contribution is 2.38. The molecular formula is C19H18F5N7. The predicted octanol–water partition coefficient (Wildman–Crippen LogP) is 3.22. The van der Waals surface area contributed by atoms with Crippen molar-refractivity contribution in [3.63, 3.8) is 0 Å². The Hall–Kier alpha value is -3.05. The van der Waals surface area contributed by atoms with E-state index < -0.39 is 24.7 Å². The summed E-state index contributed by atoms with van der Waals surface area (Å²) in [4.78, 5) is 16.8. The number of nitrogens with zero attached hydrogens (tertiary/aromatic N) is 7. The van der Waals surface area contributed by atoms with Gasteiger partial charge >= 0.3 is 6.18 Å². The first-order valence-corrected chi connectivity index (χ1v) is 9.81. The van der Waals surface area contributed by atoms with Crippen LogP contribution in [0.1, 0.15) is 12.0 Å². The highest BCUT2D eigenvalue weighted by Gasteiger charge is 2.43. The molecule has 0 bridgehead atoms. The largest absolute Gasteiger partial charge is 0.416 e. The fourth-order valence-corrected chi connectivity index (χ4v) is 4.44. The minimum Gasteiger partial charge on any atom is -0.353 e. The normalized spacial score (nSPS) is 21.5. The van der Waals surface area contributed by atoms with E-state index in [-0.39, 0.29) is 17.6 Å². The molecule has 31 heavy (non-hydrogen) atoms. The third-order valence-electron chi connectivity index (χ3n) is 5.88. The van der Waals surface area contributed by atoms with Crippen molar-refractivity contribution in [2.75, 3.05) is 29.4 Å². The van der Waals surface area contributed by atoms with Gasteiger partial charge in [-0.1, -0.05) is 0 Å². The van der Waals surface area contributed by atoms with Gasteiger partial charge in [-0.05, 0) is 18.6 Å². The van der Waals surface area contributed by atoms with Crippen LogP contribution >= 0.6 is 0 Å². The molecule has 0 saturated carbocycles. The van der Waals surface area contributed by atoms with Gasteiger partial charge in [0.15, 0.2) is 5.65 Å². The summed E-state index contributed by atoms with van der Waals surface area (Å²) in [5.74, 6) is 1.08. The lowest BCUT2D eigenvalue weighted by Gasteiger charge is -2.26. The van der Waals surface area contributed by atoms with E-state index >= 15 is 0 Å². The van der Waals surface area contributed by atoms with Gasteiger partial charge in [0.1, 0.15) is 23.7 Å². The number of alkyl halides is 5. The zero-order valence-electron chi connectivity index (χ0n) is 16.2. The topological polar surface area (TPSA) is 63.0 Å². The van der Waals surface area contributed by atoms with Crippen molar-refractivity contribution in [2.24, 2.45) is 5.92 Å². The SMILES string of the molecule is FC(F)Cn1ncc2ncc(N3CC4CCN(c5cc(C(F)(F)F)ccn5)C4C3)nc21. The molecule has 5 rings (SSSR count). The smallest absolute Gasteiger partial charge is 0.353 e. The van der Waals surface area contributed by atoms with Crippen LogP contribution in [0, 0.1) is 5.92 Å². The summed E-state index contributed by atoms with van der Waals surface area (Å²) in [7, 11) is 0. The number of pyridine rings is 1. The first-order chi connectivity index (χ1) is 14.8. The van der Waals surface area contributed by atoms with E-state index in [2.05, 4.69) is 20.1 Å². The summed E-state index contributed by atoms with van der Waals surface area (Å²) in [6.45, 7) is 1.25. The van der Waals surface area contributed by atoms with Gasteiger partial charge in [-0.2, -0.15) is 18.3 Å². The summed E-state index contributed by atoms with van der Waals surface area (Å²) in [5, 5.41) is 3.92. The second kappa shape index (κ2) is 7.27. The van der Waals surface area contributed by atoms with Gasteiger partial charge < -0.3 is 9.80 Å². The fraction of sp³-hybridized carbons (Fsp3) is 0.474. The molecule has 0 radical (unpaired) electrons. The zero-order valence-corrected chi connectivity index (χ0v) is 16.2. The fourth-order valence-electron chi connectivity index (χ4n) is 4.44. The van der Waals surface area contributed by atoms with Gasteiger partial charge in [0.2, 0.25) is 0 Å². The van der Waals surface area contributed by atoms with Crippen LogP contribution in [0.5, 0.6) is 0 Å². The number of rotatable bonds is 4. The van der Waals surface area contributed by atoms with Crippen LogP contribution in [0.15, 0.2) is 30.7 Å². The number of halogens is 5. The number of aromatic nitrogens is 5. The molecule has 3 aromatic rings. The second-order valence-electron chi connectivity index (χ2n) is 7.77. The molecule has 0 aliphatic carbocycles. The molecule has 2 aliphatic rings. The molecule has 3 aromatic heterocycles. The van der Waals surface area contributed by atoms with Crippen LogP contribution in [-0.4, -0.2) is 56.8 Å². The Kier molecular flexibility index (Phi) is 4.67. The molecule has 0 spiro atoms. The van der Waals surface area contributed by atoms with Crippen molar-refractivity contribution in [1.82, 2.24) is 24.7 Å². The second-order valence-corrected chi connectivity index (χ2v) is 7.77. The molecule has 0 aromatic carbocycles. The van der Waals surface area contributed by atoms with Crippen LogP contribution < -0.4 is 9.80 Å². The lowest BCUT2D eigenvalue weighted by atomic mass is 10.1. The number of hydrogen-bond donors (Lipinski definition) is 0. The molecule has 2 atom stereocenters. The van der Waals surface area contributed by atoms with Gasteiger partial charge in [-0.3, -0.25) is 0 Å². The average molecular weight is 439 g/mol. The molecule has 2 aliphatic heterocycles. The summed E-state index contributed by atoms with van der Waals surface area (Å²) in [6, 6.07) is 2.03. The van der Waals surface area contributed by atoms with E-state index in [1.54, 1.807) is 6.20 Å². The molecule has 2 unspecified atom stereocenters. The van der Waals surface area contributed by atoms with Crippen molar-refractivity contribution in [3.05, 3.63) is 36.3 Å². The van der Waals surface area contributed by atoms with E-state index in [9.17, 15) is 22.0 Å². The zero-order chi connectivity index (χ0) is 21.8. The summed E-state index contributed by atoms with van der Waals surface area (Å²) in [5.41, 5.74) is -0.00995. The molecule has 0 amide bonds. The molecule has 2 fully saturated rings. The maximum Gasteiger partial charge on any atom is 0.416 e. The Bertz CT molecular complexity index is 1100. The monoisotopic (exact) mass is 439 g/mol. The van der Waals surface area contributed by atoms with E-state index in [4.69, 9.17) is 0 Å². The number of fused-ring (bicyclic) bond motifs is 2. The molecule has 164 valence electrons. The lowest BCUT2D eigenvalue weighted by molar-refractivity contribution is -0.137. The lowest BCUT2D eigenvalue weighted by Crippen LogP contribution is -2.36. The van der Waals surface area contributed by atoms with Gasteiger partial charge in [0.05, 0.1) is 24.0 Å². The maximum atomic E-state index is 13.1. The Labute approximate surface area is 173 Å². The first kappa shape index (κ1) is 19.9. The molecule has 5 heterocycles. The van der Waals surface area contributed by atoms with Crippen molar-refractivity contribution in [1.29, 1.82) is 0 Å². The predicted molar refractivity (Wildman–Crippen MR) is 102 cm³/mol. The van der Waals surface area contributed by atoms with E-state index in [1.807, 2.05) is 9.80 Å². The summed E-state index contributed by atoms with van der Waals surface area (Å²) < 4.78 is 66.0. The summed E-state index contributed by atoms with van der Waals surface area (Å²) in [6.07, 6.45) is -2.02. The van der Waals surface area contributed by atoms with Crippen LogP contribution in [-0.2, 0) is 12.7 Å². The van der Waals surface area contributed by atoms with Crippen molar-refractivity contribution in [2.45, 2.75) is 31.6 Å². The van der Waals surface area contributed by atoms with Gasteiger partial charge in [-0.25, -0.2) is 28.4 Å². The quantitative estimate of drug-likeness (QED) is 0.582. The standard InChI is InChI=1S/C19H18F5N7/c20-15(21)10-31-18-13(6-27-31)26-7-17(28-18)29-8-11-2-4-30(14(11)9-29)16-5-12(1-3-25-16)19(22,23)24/h1,3,5-7,11,14-15H,2,4,8-10H2. The van der Waals surface area contributed by atoms with Crippen molar-refractivity contribution in [3.8, 4) is 0 Å². The number of anilines is 2. The molecule has 7 nitrogen and oxygen atoms in total. The van der Waals surface area contributed by atoms with Gasteiger partial charge in [-0.15, -0.1) is 0 Å². The highest BCUT2D eigenvalue weighted by molar-refractivity contribution is 5.71. The Morgan fingerprint density at radius 1 is 1.10 bits per heavy atom. The van der Waals surface area contributed by atoms with Crippen LogP contribution in [0.4, 0.5) is 33.6 Å². The third-order valence-corrected chi connectivity index (χ3v) is 5.88. The minimum atomic E-state index is -4.43. The first-order valence-electron chi connectivity index (χ1n) is 9.81. The Morgan fingerprint density at radius 3 is 2.71 bits per heavy atom. The van der Waals surface area contributed by atoms with E-state index in [0.29, 0.717) is 36.8 Å². The van der Waals surface area contributed by atoms with Gasteiger partial charge in [0.25, 0.3) is 6.43 Å². The molecular weight excluding hydrogens is 421 g/mol. The van der Waals surface area contributed by atoms with Crippen LogP contribution in [0.2, 0.25) is 0 Å². The molecule has 2 saturated heterocycles. The Morgan fingerprint density at radius 2 is 1.94 bits per heavy atom. The van der Waals surface area contributed by atoms with Gasteiger partial charge in [0, 0.05) is 31.7 Å². The molecule has 0 N–H and O–H groups in total. The van der Waals surface area contributed by atoms with Crippen molar-refractivity contribution >= 4 is 22.8 Å². The minimum absolute atomic E-state index is 0.0144. The highest BCUT2D eigenvalue weighted by atomic mass is 19.4. The van der Waals surface area contributed by atoms with Crippen molar-refractivity contribution < 1.29 is 22.0 Å². The maximum absolute atomic E-state index is 13.1. The number of hydrogen-bond acceptors (Lipinski definition) is 6. The van der Waals surface area contributed by atoms with E-state index in [1.165, 1.54) is 12.4 Å². The third kappa shape index (κ3) is 3.63. The van der Waals surface area contributed by atoms with Crippen LogP contribution in [0.3, 0.4) is 0 Å². The summed E-state index contributed by atoms with van der Waals surface area (Å²) >= 11 is 0. The van der Waals surface area contributed by atoms with Crippen LogP contribution in [0.25, 0.3) is 11.2 Å². The average Bonchev–Trinajstić information content (AvgIpc) is 3.41. The molecule has 12 heteroatoms. The van der Waals surface area contributed by atoms with E-state index in [0.717, 1.165) is 23.2 Å². The Balaban J connectivity index is 1.38.